The third kappa shape index (κ3) is 4.26. The molecule has 0 aliphatic heterocycles. The van der Waals surface area contributed by atoms with E-state index in [4.69, 9.17) is 0 Å². The van der Waals surface area contributed by atoms with Crippen LogP contribution in [0.5, 0.6) is 0 Å². The zero-order valence-electron chi connectivity index (χ0n) is 13.8. The minimum absolute atomic E-state index is 0.420. The van der Waals surface area contributed by atoms with Gasteiger partial charge < -0.3 is 4.57 Å². The van der Waals surface area contributed by atoms with Gasteiger partial charge in [0.05, 0.1) is 5.56 Å². The van der Waals surface area contributed by atoms with Crippen molar-refractivity contribution in [2.45, 2.75) is 55.2 Å². The van der Waals surface area contributed by atoms with Gasteiger partial charge in [-0.3, -0.25) is 0 Å². The van der Waals surface area contributed by atoms with E-state index < -0.39 is 11.7 Å². The maximum absolute atomic E-state index is 12.8. The second-order valence-electron chi connectivity index (χ2n) is 6.21. The van der Waals surface area contributed by atoms with Crippen LogP contribution in [0.1, 0.15) is 48.6 Å². The van der Waals surface area contributed by atoms with Crippen molar-refractivity contribution < 1.29 is 13.2 Å². The Kier molecular flexibility index (Phi) is 5.51. The number of hydrogen-bond acceptors (Lipinski definition) is 3. The van der Waals surface area contributed by atoms with Crippen LogP contribution in [0, 0.1) is 0 Å². The van der Waals surface area contributed by atoms with Gasteiger partial charge in [0.25, 0.3) is 0 Å². The summed E-state index contributed by atoms with van der Waals surface area (Å²) in [6.07, 6.45) is 2.13. The third-order valence-electron chi connectivity index (χ3n) is 4.40. The van der Waals surface area contributed by atoms with Crippen LogP contribution in [0.3, 0.4) is 0 Å². The second kappa shape index (κ2) is 7.64. The highest BCUT2D eigenvalue weighted by atomic mass is 32.2. The van der Waals surface area contributed by atoms with E-state index in [2.05, 4.69) is 16.8 Å². The fourth-order valence-corrected chi connectivity index (χ4v) is 4.08. The number of alkyl halides is 3. The number of allylic oxidation sites excluding steroid dienone is 1. The van der Waals surface area contributed by atoms with Gasteiger partial charge in [0.2, 0.25) is 0 Å². The number of nitrogens with zero attached hydrogens (tertiary/aromatic N) is 3. The zero-order chi connectivity index (χ0) is 17.9. The summed E-state index contributed by atoms with van der Waals surface area (Å²) in [6, 6.07) is 5.43. The average molecular weight is 367 g/mol. The Hall–Kier alpha value is -1.76. The Morgan fingerprint density at radius 2 is 2.00 bits per heavy atom. The Morgan fingerprint density at radius 3 is 2.68 bits per heavy atom. The number of rotatable bonds is 6. The molecule has 1 heterocycles. The molecule has 0 N–H and O–H groups in total. The number of hydrogen-bond donors (Lipinski definition) is 0. The van der Waals surface area contributed by atoms with Crippen LogP contribution in [0.2, 0.25) is 0 Å². The first-order chi connectivity index (χ1) is 12.0. The summed E-state index contributed by atoms with van der Waals surface area (Å²) in [7, 11) is 0. The molecule has 1 aromatic heterocycles. The van der Waals surface area contributed by atoms with Crippen molar-refractivity contribution in [1.29, 1.82) is 0 Å². The van der Waals surface area contributed by atoms with Gasteiger partial charge in [-0.25, -0.2) is 0 Å². The van der Waals surface area contributed by atoms with E-state index in [0.29, 0.717) is 23.8 Å². The molecule has 0 spiro atoms. The summed E-state index contributed by atoms with van der Waals surface area (Å²) in [6.45, 7) is 4.41. The van der Waals surface area contributed by atoms with Crippen LogP contribution in [0.15, 0.2) is 42.1 Å². The SMILES string of the molecule is C=CCn1c(SCc2cccc(C(F)(F)F)c2)nnc1C1CCCC1. The van der Waals surface area contributed by atoms with Gasteiger partial charge in [-0.1, -0.05) is 48.9 Å². The molecule has 0 unspecified atom stereocenters. The molecule has 1 fully saturated rings. The molecule has 0 atom stereocenters. The second-order valence-corrected chi connectivity index (χ2v) is 7.15. The van der Waals surface area contributed by atoms with Crippen molar-refractivity contribution in [3.63, 3.8) is 0 Å². The molecule has 7 heteroatoms. The van der Waals surface area contributed by atoms with Gasteiger partial charge >= 0.3 is 6.18 Å². The molecule has 0 bridgehead atoms. The van der Waals surface area contributed by atoms with Crippen LogP contribution >= 0.6 is 11.8 Å². The number of halogens is 3. The minimum Gasteiger partial charge on any atom is -0.302 e. The van der Waals surface area contributed by atoms with E-state index in [9.17, 15) is 13.2 Å². The maximum atomic E-state index is 12.8. The molecule has 0 saturated heterocycles. The topological polar surface area (TPSA) is 30.7 Å². The van der Waals surface area contributed by atoms with Crippen LogP contribution in [-0.4, -0.2) is 14.8 Å². The normalized spacial score (nSPS) is 15.6. The highest BCUT2D eigenvalue weighted by Gasteiger charge is 2.30. The first-order valence-corrected chi connectivity index (χ1v) is 9.30. The van der Waals surface area contributed by atoms with Crippen LogP contribution < -0.4 is 0 Å². The fourth-order valence-electron chi connectivity index (χ4n) is 3.18. The lowest BCUT2D eigenvalue weighted by Gasteiger charge is -2.12. The number of thioether (sulfide) groups is 1. The molecule has 25 heavy (non-hydrogen) atoms. The predicted molar refractivity (Wildman–Crippen MR) is 92.4 cm³/mol. The van der Waals surface area contributed by atoms with Crippen molar-refractivity contribution in [3.8, 4) is 0 Å². The van der Waals surface area contributed by atoms with E-state index in [1.807, 2.05) is 4.57 Å². The first kappa shape index (κ1) is 18.0. The van der Waals surface area contributed by atoms with Gasteiger partial charge in [-0.05, 0) is 24.5 Å². The molecular weight excluding hydrogens is 347 g/mol. The maximum Gasteiger partial charge on any atom is 0.416 e. The molecule has 3 rings (SSSR count). The molecule has 0 amide bonds. The van der Waals surface area contributed by atoms with E-state index >= 15 is 0 Å². The standard InChI is InChI=1S/C18H20F3N3S/c1-2-10-24-16(14-7-3-4-8-14)22-23-17(24)25-12-13-6-5-9-15(11-13)18(19,20)21/h2,5-6,9,11,14H,1,3-4,7-8,10,12H2. The molecular formula is C18H20F3N3S. The summed E-state index contributed by atoms with van der Waals surface area (Å²) >= 11 is 1.41. The Bertz CT molecular complexity index is 733. The predicted octanol–water partition coefficient (Wildman–Crippen LogP) is 5.43. The van der Waals surface area contributed by atoms with Crippen molar-refractivity contribution in [3.05, 3.63) is 53.9 Å². The lowest BCUT2D eigenvalue weighted by molar-refractivity contribution is -0.137. The van der Waals surface area contributed by atoms with Crippen molar-refractivity contribution in [2.75, 3.05) is 0 Å². The third-order valence-corrected chi connectivity index (χ3v) is 5.44. The largest absolute Gasteiger partial charge is 0.416 e. The van der Waals surface area contributed by atoms with Gasteiger partial charge in [-0.2, -0.15) is 13.2 Å². The average Bonchev–Trinajstić information content (AvgIpc) is 3.22. The smallest absolute Gasteiger partial charge is 0.302 e. The molecule has 3 nitrogen and oxygen atoms in total. The quantitative estimate of drug-likeness (QED) is 0.504. The Morgan fingerprint density at radius 1 is 1.24 bits per heavy atom. The summed E-state index contributed by atoms with van der Waals surface area (Å²) in [4.78, 5) is 0. The van der Waals surface area contributed by atoms with E-state index in [-0.39, 0.29) is 0 Å². The van der Waals surface area contributed by atoms with Crippen molar-refractivity contribution >= 4 is 11.8 Å². The van der Waals surface area contributed by atoms with Gasteiger partial charge in [-0.15, -0.1) is 16.8 Å². The lowest BCUT2D eigenvalue weighted by Crippen LogP contribution is -2.07. The van der Waals surface area contributed by atoms with Crippen LogP contribution in [0.25, 0.3) is 0 Å². The minimum atomic E-state index is -4.32. The molecule has 1 aliphatic rings. The number of aromatic nitrogens is 3. The van der Waals surface area contributed by atoms with E-state index in [1.54, 1.807) is 12.1 Å². The zero-order valence-corrected chi connectivity index (χ0v) is 14.6. The summed E-state index contributed by atoms with van der Waals surface area (Å²) in [5.41, 5.74) is 0.000183. The molecule has 0 radical (unpaired) electrons. The fraction of sp³-hybridized carbons (Fsp3) is 0.444. The van der Waals surface area contributed by atoms with Crippen LogP contribution in [-0.2, 0) is 18.5 Å². The van der Waals surface area contributed by atoms with Crippen molar-refractivity contribution in [2.24, 2.45) is 0 Å². The molecule has 1 aromatic carbocycles. The highest BCUT2D eigenvalue weighted by Crippen LogP contribution is 2.35. The summed E-state index contributed by atoms with van der Waals surface area (Å²) in [5, 5.41) is 9.36. The first-order valence-electron chi connectivity index (χ1n) is 8.32. The van der Waals surface area contributed by atoms with Crippen LogP contribution in [0.4, 0.5) is 13.2 Å². The van der Waals surface area contributed by atoms with Crippen molar-refractivity contribution in [1.82, 2.24) is 14.8 Å². The monoisotopic (exact) mass is 367 g/mol. The summed E-state index contributed by atoms with van der Waals surface area (Å²) < 4.78 is 40.5. The lowest BCUT2D eigenvalue weighted by atomic mass is 10.1. The van der Waals surface area contributed by atoms with Gasteiger partial charge in [0, 0.05) is 18.2 Å². The van der Waals surface area contributed by atoms with E-state index in [1.165, 1.54) is 36.7 Å². The molecule has 1 saturated carbocycles. The Balaban J connectivity index is 1.76. The molecule has 134 valence electrons. The van der Waals surface area contributed by atoms with Gasteiger partial charge in [0.15, 0.2) is 5.16 Å². The van der Waals surface area contributed by atoms with E-state index in [0.717, 1.165) is 29.9 Å². The Labute approximate surface area is 149 Å². The number of benzene rings is 1. The van der Waals surface area contributed by atoms with Gasteiger partial charge in [0.1, 0.15) is 5.82 Å². The summed E-state index contributed by atoms with van der Waals surface area (Å²) in [5.74, 6) is 1.82. The molecule has 1 aliphatic carbocycles. The highest BCUT2D eigenvalue weighted by molar-refractivity contribution is 7.98. The molecule has 2 aromatic rings.